The van der Waals surface area contributed by atoms with Crippen LogP contribution in [0.15, 0.2) is 66.7 Å². The molecule has 2 aliphatic heterocycles. The van der Waals surface area contributed by atoms with Crippen LogP contribution in [0.2, 0.25) is 0 Å². The molecule has 0 amide bonds. The Morgan fingerprint density at radius 3 is 2.42 bits per heavy atom. The maximum Gasteiger partial charge on any atom is 0.131 e. The van der Waals surface area contributed by atoms with Gasteiger partial charge in [0.25, 0.3) is 0 Å². The van der Waals surface area contributed by atoms with Gasteiger partial charge in [-0.1, -0.05) is 66.7 Å². The summed E-state index contributed by atoms with van der Waals surface area (Å²) in [6.07, 6.45) is 4.54. The molecule has 5 rings (SSSR count). The quantitative estimate of drug-likeness (QED) is 0.634. The van der Waals surface area contributed by atoms with Gasteiger partial charge in [0.2, 0.25) is 0 Å². The third-order valence-corrected chi connectivity index (χ3v) is 6.15. The van der Waals surface area contributed by atoms with E-state index in [-0.39, 0.29) is 5.60 Å². The minimum absolute atomic E-state index is 0.0321. The van der Waals surface area contributed by atoms with E-state index in [0.717, 1.165) is 51.1 Å². The summed E-state index contributed by atoms with van der Waals surface area (Å²) in [5.41, 5.74) is 2.81. The summed E-state index contributed by atoms with van der Waals surface area (Å²) >= 11 is 0. The minimum atomic E-state index is 0.0321. The van der Waals surface area contributed by atoms with Gasteiger partial charge in [-0.15, -0.1) is 0 Å². The lowest BCUT2D eigenvalue weighted by Gasteiger charge is -2.45. The Bertz CT molecular complexity index is 910. The fourth-order valence-electron chi connectivity index (χ4n) is 4.55. The lowest BCUT2D eigenvalue weighted by Crippen LogP contribution is -2.49. The number of hydrogen-bond acceptors (Lipinski definition) is 2. The Morgan fingerprint density at radius 1 is 0.808 bits per heavy atom. The van der Waals surface area contributed by atoms with Gasteiger partial charge in [-0.2, -0.15) is 0 Å². The van der Waals surface area contributed by atoms with Crippen LogP contribution >= 0.6 is 0 Å². The molecule has 132 valence electrons. The van der Waals surface area contributed by atoms with Crippen molar-refractivity contribution in [2.45, 2.75) is 37.8 Å². The SMILES string of the molecule is c1ccc(CN2CCC3(CCc4ccc5ccccc5c4O3)CC2)cc1. The number of piperidine rings is 1. The molecular weight excluding hydrogens is 318 g/mol. The summed E-state index contributed by atoms with van der Waals surface area (Å²) in [6, 6.07) is 23.9. The fraction of sp³-hybridized carbons (Fsp3) is 0.333. The molecule has 2 heterocycles. The molecule has 3 aromatic rings. The Hall–Kier alpha value is -2.32. The fourth-order valence-corrected chi connectivity index (χ4v) is 4.55. The summed E-state index contributed by atoms with van der Waals surface area (Å²) in [7, 11) is 0. The smallest absolute Gasteiger partial charge is 0.131 e. The maximum atomic E-state index is 6.75. The van der Waals surface area contributed by atoms with Crippen molar-refractivity contribution < 1.29 is 4.74 Å². The number of ether oxygens (including phenoxy) is 1. The van der Waals surface area contributed by atoms with Gasteiger partial charge in [0, 0.05) is 25.0 Å². The van der Waals surface area contributed by atoms with E-state index in [1.165, 1.54) is 21.9 Å². The van der Waals surface area contributed by atoms with Crippen LogP contribution in [0.3, 0.4) is 0 Å². The van der Waals surface area contributed by atoms with Crippen LogP contribution < -0.4 is 4.74 Å². The number of likely N-dealkylation sites (tertiary alicyclic amines) is 1. The van der Waals surface area contributed by atoms with E-state index in [1.54, 1.807) is 0 Å². The molecule has 0 bridgehead atoms. The van der Waals surface area contributed by atoms with Crippen LogP contribution in [0.5, 0.6) is 5.75 Å². The van der Waals surface area contributed by atoms with Gasteiger partial charge in [-0.05, 0) is 42.2 Å². The van der Waals surface area contributed by atoms with Gasteiger partial charge in [0.1, 0.15) is 11.4 Å². The van der Waals surface area contributed by atoms with E-state index in [1.807, 2.05) is 0 Å². The number of benzene rings is 3. The molecule has 3 aromatic carbocycles. The van der Waals surface area contributed by atoms with Crippen LogP contribution in [0.1, 0.15) is 30.4 Å². The van der Waals surface area contributed by atoms with Crippen molar-refractivity contribution in [3.8, 4) is 5.75 Å². The molecule has 1 fully saturated rings. The largest absolute Gasteiger partial charge is 0.486 e. The van der Waals surface area contributed by atoms with Crippen LogP contribution in [0.4, 0.5) is 0 Å². The van der Waals surface area contributed by atoms with E-state index in [9.17, 15) is 0 Å². The second kappa shape index (κ2) is 6.44. The Kier molecular flexibility index (Phi) is 3.94. The van der Waals surface area contributed by atoms with Crippen LogP contribution in [0, 0.1) is 0 Å². The van der Waals surface area contributed by atoms with Crippen molar-refractivity contribution in [2.75, 3.05) is 13.1 Å². The van der Waals surface area contributed by atoms with Gasteiger partial charge in [-0.25, -0.2) is 0 Å². The predicted octanol–water partition coefficient (Wildman–Crippen LogP) is 5.20. The van der Waals surface area contributed by atoms with E-state index in [2.05, 4.69) is 71.6 Å². The predicted molar refractivity (Wildman–Crippen MR) is 107 cm³/mol. The first-order valence-corrected chi connectivity index (χ1v) is 9.77. The van der Waals surface area contributed by atoms with Crippen LogP contribution in [-0.2, 0) is 13.0 Å². The molecule has 1 spiro atoms. The summed E-state index contributed by atoms with van der Waals surface area (Å²) in [5, 5.41) is 2.56. The summed E-state index contributed by atoms with van der Waals surface area (Å²) in [6.45, 7) is 3.29. The molecule has 0 N–H and O–H groups in total. The standard InChI is InChI=1S/C24H25NO/c1-2-6-19(7-3-1)18-25-16-14-24(15-17-25)13-12-21-11-10-20-8-4-5-9-22(20)23(21)26-24/h1-11H,12-18H2. The number of rotatable bonds is 2. The van der Waals surface area contributed by atoms with E-state index < -0.39 is 0 Å². The molecule has 0 saturated carbocycles. The molecule has 2 nitrogen and oxygen atoms in total. The lowest BCUT2D eigenvalue weighted by atomic mass is 9.82. The first-order chi connectivity index (χ1) is 12.8. The summed E-state index contributed by atoms with van der Waals surface area (Å²) in [5.74, 6) is 1.14. The van der Waals surface area contributed by atoms with Crippen molar-refractivity contribution >= 4 is 10.8 Å². The van der Waals surface area contributed by atoms with Gasteiger partial charge in [0.05, 0.1) is 0 Å². The van der Waals surface area contributed by atoms with Crippen LogP contribution in [0.25, 0.3) is 10.8 Å². The first-order valence-electron chi connectivity index (χ1n) is 9.77. The molecule has 0 unspecified atom stereocenters. The van der Waals surface area contributed by atoms with Crippen molar-refractivity contribution in [3.05, 3.63) is 77.9 Å². The third-order valence-electron chi connectivity index (χ3n) is 6.15. The van der Waals surface area contributed by atoms with Crippen molar-refractivity contribution in [1.82, 2.24) is 4.90 Å². The second-order valence-corrected chi connectivity index (χ2v) is 7.82. The van der Waals surface area contributed by atoms with Gasteiger partial charge < -0.3 is 4.74 Å². The summed E-state index contributed by atoms with van der Waals surface area (Å²) < 4.78 is 6.75. The highest BCUT2D eigenvalue weighted by molar-refractivity contribution is 5.89. The highest BCUT2D eigenvalue weighted by Gasteiger charge is 2.39. The third kappa shape index (κ3) is 2.89. The molecule has 2 heteroatoms. The zero-order valence-corrected chi connectivity index (χ0v) is 15.2. The molecular formula is C24H25NO. The summed E-state index contributed by atoms with van der Waals surface area (Å²) in [4.78, 5) is 2.57. The lowest BCUT2D eigenvalue weighted by molar-refractivity contribution is -0.0150. The zero-order chi connectivity index (χ0) is 17.4. The van der Waals surface area contributed by atoms with Crippen molar-refractivity contribution in [1.29, 1.82) is 0 Å². The molecule has 26 heavy (non-hydrogen) atoms. The Balaban J connectivity index is 1.34. The first kappa shape index (κ1) is 15.9. The van der Waals surface area contributed by atoms with E-state index >= 15 is 0 Å². The number of aryl methyl sites for hydroxylation is 1. The molecule has 1 saturated heterocycles. The van der Waals surface area contributed by atoms with E-state index in [4.69, 9.17) is 4.74 Å². The normalized spacial score (nSPS) is 19.2. The monoisotopic (exact) mass is 343 g/mol. The molecule has 2 aliphatic rings. The average Bonchev–Trinajstić information content (AvgIpc) is 2.71. The number of hydrogen-bond donors (Lipinski definition) is 0. The molecule has 0 aliphatic carbocycles. The highest BCUT2D eigenvalue weighted by Crippen LogP contribution is 2.43. The van der Waals surface area contributed by atoms with Gasteiger partial charge in [0.15, 0.2) is 0 Å². The molecule has 0 atom stereocenters. The topological polar surface area (TPSA) is 12.5 Å². The molecule has 0 radical (unpaired) electrons. The number of nitrogens with zero attached hydrogens (tertiary/aromatic N) is 1. The zero-order valence-electron chi connectivity index (χ0n) is 15.2. The maximum absolute atomic E-state index is 6.75. The highest BCUT2D eigenvalue weighted by atomic mass is 16.5. The van der Waals surface area contributed by atoms with Crippen LogP contribution in [-0.4, -0.2) is 23.6 Å². The average molecular weight is 343 g/mol. The van der Waals surface area contributed by atoms with Crippen molar-refractivity contribution in [3.63, 3.8) is 0 Å². The van der Waals surface area contributed by atoms with Gasteiger partial charge >= 0.3 is 0 Å². The molecule has 0 aromatic heterocycles. The minimum Gasteiger partial charge on any atom is -0.486 e. The second-order valence-electron chi connectivity index (χ2n) is 7.82. The number of fused-ring (bicyclic) bond motifs is 3. The Morgan fingerprint density at radius 2 is 1.58 bits per heavy atom. The van der Waals surface area contributed by atoms with Gasteiger partial charge in [-0.3, -0.25) is 4.90 Å². The Labute approximate surface area is 155 Å². The van der Waals surface area contributed by atoms with Crippen molar-refractivity contribution in [2.24, 2.45) is 0 Å². The van der Waals surface area contributed by atoms with E-state index in [0.29, 0.717) is 0 Å².